The van der Waals surface area contributed by atoms with E-state index in [0.717, 1.165) is 6.07 Å². The Morgan fingerprint density at radius 1 is 0.816 bits per heavy atom. The Morgan fingerprint density at radius 2 is 1.58 bits per heavy atom. The zero-order valence-corrected chi connectivity index (χ0v) is 19.4. The second-order valence-corrected chi connectivity index (χ2v) is 8.50. The molecule has 5 nitrogen and oxygen atoms in total. The zero-order valence-electron chi connectivity index (χ0n) is 19.4. The molecule has 0 atom stereocenters. The van der Waals surface area contributed by atoms with Crippen molar-refractivity contribution in [3.05, 3.63) is 95.3 Å². The van der Waals surface area contributed by atoms with E-state index in [2.05, 4.69) is 20.1 Å². The number of hydrogen-bond acceptors (Lipinski definition) is 4. The standard InChI is InChI=1S/C26H16F7N5/c1-14-18(3-2-4-21(14)27)24-36-22-11-35-38(13-23(22)37-24)12-17-7-5-15(10-34-17)19-8-6-16(25(28,29)30)9-20(19)26(31,32)33/h2-11,13H,12H2,1H3. The van der Waals surface area contributed by atoms with Gasteiger partial charge in [0.2, 0.25) is 0 Å². The normalized spacial score (nSPS) is 12.3. The largest absolute Gasteiger partial charge is 0.417 e. The van der Waals surface area contributed by atoms with Crippen molar-refractivity contribution in [3.63, 3.8) is 0 Å². The number of pyridine rings is 1. The van der Waals surface area contributed by atoms with Crippen LogP contribution in [-0.2, 0) is 18.9 Å². The third kappa shape index (κ3) is 4.93. The zero-order chi connectivity index (χ0) is 27.2. The molecule has 38 heavy (non-hydrogen) atoms. The number of nitrogens with zero attached hydrogens (tertiary/aromatic N) is 5. The highest BCUT2D eigenvalue weighted by Gasteiger charge is 2.38. The number of alkyl halides is 6. The van der Waals surface area contributed by atoms with Crippen LogP contribution in [0.15, 0.2) is 67.1 Å². The first-order chi connectivity index (χ1) is 17.9. The van der Waals surface area contributed by atoms with E-state index >= 15 is 0 Å². The predicted molar refractivity (Wildman–Crippen MR) is 123 cm³/mol. The lowest BCUT2D eigenvalue weighted by Crippen LogP contribution is -2.12. The summed E-state index contributed by atoms with van der Waals surface area (Å²) in [6.45, 7) is 1.76. The Morgan fingerprint density at radius 3 is 2.26 bits per heavy atom. The monoisotopic (exact) mass is 531 g/mol. The van der Waals surface area contributed by atoms with Gasteiger partial charge >= 0.3 is 12.4 Å². The minimum Gasteiger partial charge on any atom is -0.264 e. The average molecular weight is 531 g/mol. The fraction of sp³-hybridized carbons (Fsp3) is 0.154. The van der Waals surface area contributed by atoms with Crippen LogP contribution in [0, 0.1) is 12.7 Å². The minimum atomic E-state index is -4.99. The number of hydrogen-bond donors (Lipinski definition) is 0. The Labute approximate surface area is 211 Å². The van der Waals surface area contributed by atoms with Gasteiger partial charge in [0.1, 0.15) is 17.2 Å². The third-order valence-corrected chi connectivity index (χ3v) is 5.94. The van der Waals surface area contributed by atoms with Crippen molar-refractivity contribution in [2.75, 3.05) is 0 Å². The molecule has 0 N–H and O–H groups in total. The van der Waals surface area contributed by atoms with Crippen molar-refractivity contribution in [1.29, 1.82) is 0 Å². The van der Waals surface area contributed by atoms with Gasteiger partial charge in [0.15, 0.2) is 5.82 Å². The minimum absolute atomic E-state index is 0.0141. The van der Waals surface area contributed by atoms with Crippen molar-refractivity contribution in [3.8, 4) is 33.9 Å². The van der Waals surface area contributed by atoms with E-state index in [1.54, 1.807) is 25.3 Å². The lowest BCUT2D eigenvalue weighted by molar-refractivity contribution is -0.142. The van der Waals surface area contributed by atoms with E-state index < -0.39 is 29.0 Å². The Kier molecular flexibility index (Phi) is 6.12. The van der Waals surface area contributed by atoms with E-state index in [0.29, 0.717) is 40.1 Å². The van der Waals surface area contributed by atoms with Crippen molar-refractivity contribution >= 4 is 0 Å². The highest BCUT2D eigenvalue weighted by Crippen LogP contribution is 2.40. The highest BCUT2D eigenvalue weighted by atomic mass is 19.4. The van der Waals surface area contributed by atoms with E-state index in [1.165, 1.54) is 35.3 Å². The van der Waals surface area contributed by atoms with Gasteiger partial charge in [0, 0.05) is 17.3 Å². The van der Waals surface area contributed by atoms with E-state index in [4.69, 9.17) is 0 Å². The van der Waals surface area contributed by atoms with Crippen LogP contribution in [0.4, 0.5) is 30.7 Å². The summed E-state index contributed by atoms with van der Waals surface area (Å²) in [5.41, 5.74) is -0.804. The fourth-order valence-electron chi connectivity index (χ4n) is 3.97. The number of imidazole rings is 1. The van der Waals surface area contributed by atoms with Crippen LogP contribution in [-0.4, -0.2) is 24.7 Å². The average Bonchev–Trinajstić information content (AvgIpc) is 3.28. The van der Waals surface area contributed by atoms with E-state index in [-0.39, 0.29) is 24.0 Å². The maximum atomic E-state index is 13.9. The Hall–Kier alpha value is -4.35. The number of aromatic nitrogens is 5. The molecule has 2 aliphatic rings. The first-order valence-electron chi connectivity index (χ1n) is 11.1. The lowest BCUT2D eigenvalue weighted by Gasteiger charge is -2.16. The maximum Gasteiger partial charge on any atom is 0.417 e. The molecule has 3 heterocycles. The molecule has 0 aliphatic carbocycles. The van der Waals surface area contributed by atoms with Crippen LogP contribution in [0.25, 0.3) is 33.9 Å². The van der Waals surface area contributed by atoms with Gasteiger partial charge in [-0.15, -0.1) is 0 Å². The van der Waals surface area contributed by atoms with Gasteiger partial charge in [-0.25, -0.2) is 14.4 Å². The van der Waals surface area contributed by atoms with Gasteiger partial charge in [0.25, 0.3) is 0 Å². The molecule has 1 aromatic heterocycles. The molecule has 0 saturated heterocycles. The summed E-state index contributed by atoms with van der Waals surface area (Å²) < 4.78 is 94.9. The summed E-state index contributed by atoms with van der Waals surface area (Å²) in [5.74, 6) is -0.0336. The smallest absolute Gasteiger partial charge is 0.264 e. The van der Waals surface area contributed by atoms with Crippen LogP contribution < -0.4 is 0 Å². The molecule has 3 aromatic rings. The molecular formula is C26H16F7N5. The van der Waals surface area contributed by atoms with Gasteiger partial charge in [-0.2, -0.15) is 31.4 Å². The van der Waals surface area contributed by atoms with Crippen LogP contribution >= 0.6 is 0 Å². The van der Waals surface area contributed by atoms with Crippen molar-refractivity contribution in [2.24, 2.45) is 0 Å². The van der Waals surface area contributed by atoms with Crippen LogP contribution in [0.5, 0.6) is 0 Å². The quantitative estimate of drug-likeness (QED) is 0.234. The molecule has 0 radical (unpaired) electrons. The SMILES string of the molecule is Cc1c(F)cccc1-c1nc2cnn(Cc3ccc(-c4ccc(C(F)(F)F)cc4C(F)(F)F)cn3)cc-2n1. The molecule has 2 aliphatic heterocycles. The predicted octanol–water partition coefficient (Wildman–Crippen LogP) is 7.04. The molecule has 0 fully saturated rings. The molecule has 0 unspecified atom stereocenters. The number of rotatable bonds is 4. The molecule has 12 heteroatoms. The maximum absolute atomic E-state index is 13.9. The number of halogens is 7. The summed E-state index contributed by atoms with van der Waals surface area (Å²) in [6.07, 6.45) is -5.65. The van der Waals surface area contributed by atoms with E-state index in [9.17, 15) is 30.7 Å². The van der Waals surface area contributed by atoms with Gasteiger partial charge < -0.3 is 0 Å². The highest BCUT2D eigenvalue weighted by molar-refractivity contribution is 5.69. The molecule has 0 spiro atoms. The Balaban J connectivity index is 1.41. The van der Waals surface area contributed by atoms with Crippen LogP contribution in [0.1, 0.15) is 22.4 Å². The van der Waals surface area contributed by atoms with Crippen molar-refractivity contribution in [2.45, 2.75) is 25.8 Å². The van der Waals surface area contributed by atoms with Crippen molar-refractivity contribution in [1.82, 2.24) is 24.7 Å². The van der Waals surface area contributed by atoms with E-state index in [1.807, 2.05) is 0 Å². The summed E-state index contributed by atoms with van der Waals surface area (Å²) in [5, 5.41) is 4.25. The van der Waals surface area contributed by atoms with Crippen molar-refractivity contribution < 1.29 is 30.7 Å². The van der Waals surface area contributed by atoms with Crippen LogP contribution in [0.3, 0.4) is 0 Å². The lowest BCUT2D eigenvalue weighted by atomic mass is 9.98. The van der Waals surface area contributed by atoms with Crippen LogP contribution in [0.2, 0.25) is 0 Å². The number of fused-ring (bicyclic) bond motifs is 1. The molecule has 0 saturated carbocycles. The molecular weight excluding hydrogens is 515 g/mol. The summed E-state index contributed by atoms with van der Waals surface area (Å²) in [6, 6.07) is 8.92. The third-order valence-electron chi connectivity index (χ3n) is 5.94. The first kappa shape index (κ1) is 25.3. The summed E-state index contributed by atoms with van der Waals surface area (Å²) in [4.78, 5) is 13.0. The molecule has 0 bridgehead atoms. The molecule has 0 amide bonds. The summed E-state index contributed by atoms with van der Waals surface area (Å²) in [7, 11) is 0. The summed E-state index contributed by atoms with van der Waals surface area (Å²) >= 11 is 0. The second kappa shape index (κ2) is 9.19. The van der Waals surface area contributed by atoms with Gasteiger partial charge in [-0.1, -0.05) is 24.3 Å². The topological polar surface area (TPSA) is 56.5 Å². The number of benzene rings is 2. The molecule has 5 rings (SSSR count). The molecule has 194 valence electrons. The Bertz CT molecular complexity index is 1590. The fourth-order valence-corrected chi connectivity index (χ4v) is 3.97. The van der Waals surface area contributed by atoms with Gasteiger partial charge in [-0.05, 0) is 42.3 Å². The molecule has 2 aromatic carbocycles. The first-order valence-corrected chi connectivity index (χ1v) is 11.1. The second-order valence-electron chi connectivity index (χ2n) is 8.50. The van der Waals surface area contributed by atoms with Gasteiger partial charge in [-0.3, -0.25) is 9.67 Å². The van der Waals surface area contributed by atoms with Gasteiger partial charge in [0.05, 0.1) is 35.8 Å².